The van der Waals surface area contributed by atoms with Crippen molar-refractivity contribution < 1.29 is 4.79 Å². The second-order valence-electron chi connectivity index (χ2n) is 4.06. The molecule has 2 rings (SSSR count). The number of amides is 1. The van der Waals surface area contributed by atoms with Crippen LogP contribution in [0.15, 0.2) is 18.2 Å². The van der Waals surface area contributed by atoms with Gasteiger partial charge in [-0.2, -0.15) is 0 Å². The van der Waals surface area contributed by atoms with Crippen LogP contribution in [-0.2, 0) is 0 Å². The Labute approximate surface area is 120 Å². The van der Waals surface area contributed by atoms with Gasteiger partial charge in [0.1, 0.15) is 4.88 Å². The molecule has 0 spiro atoms. The number of nitrogens with two attached hydrogens (primary N) is 1. The largest absolute Gasteiger partial charge is 0.397 e. The number of carbonyl (C=O) groups excluding carboxylic acids is 1. The summed E-state index contributed by atoms with van der Waals surface area (Å²) in [4.78, 5) is 12.6. The number of benzene rings is 1. The molecule has 1 heterocycles. The summed E-state index contributed by atoms with van der Waals surface area (Å²) >= 11 is 7.42. The maximum absolute atomic E-state index is 12.2. The predicted octanol–water partition coefficient (Wildman–Crippen LogP) is 3.28. The van der Waals surface area contributed by atoms with E-state index in [1.165, 1.54) is 11.3 Å². The van der Waals surface area contributed by atoms with Gasteiger partial charge in [0.15, 0.2) is 0 Å². The molecule has 5 heteroatoms. The Kier molecular flexibility index (Phi) is 3.98. The highest BCUT2D eigenvalue weighted by Gasteiger charge is 2.19. The molecule has 0 aliphatic heterocycles. The molecule has 19 heavy (non-hydrogen) atoms. The summed E-state index contributed by atoms with van der Waals surface area (Å²) in [5.74, 6) is 2.27. The molecular formula is C14H13ClN2OS. The van der Waals surface area contributed by atoms with Crippen molar-refractivity contribution in [2.75, 3.05) is 5.73 Å². The Morgan fingerprint density at radius 3 is 2.95 bits per heavy atom. The minimum atomic E-state index is -0.285. The zero-order chi connectivity index (χ0) is 14.0. The number of terminal acetylenes is 1. The van der Waals surface area contributed by atoms with Crippen LogP contribution in [0, 0.1) is 12.3 Å². The smallest absolute Gasteiger partial charge is 0.264 e. The summed E-state index contributed by atoms with van der Waals surface area (Å²) in [6, 6.07) is 5.19. The highest BCUT2D eigenvalue weighted by atomic mass is 35.5. The van der Waals surface area contributed by atoms with Gasteiger partial charge in [-0.3, -0.25) is 4.79 Å². The van der Waals surface area contributed by atoms with E-state index >= 15 is 0 Å². The average Bonchev–Trinajstić information content (AvgIpc) is 2.74. The Morgan fingerprint density at radius 1 is 1.63 bits per heavy atom. The first-order valence-corrected chi connectivity index (χ1v) is 7.01. The van der Waals surface area contributed by atoms with E-state index in [0.717, 1.165) is 10.1 Å². The number of hydrogen-bond acceptors (Lipinski definition) is 3. The number of hydrogen-bond donors (Lipinski definition) is 2. The summed E-state index contributed by atoms with van der Waals surface area (Å²) in [6.45, 7) is 1.91. The van der Waals surface area contributed by atoms with Crippen molar-refractivity contribution in [3.63, 3.8) is 0 Å². The molecule has 3 nitrogen and oxygen atoms in total. The Bertz CT molecular complexity index is 672. The molecule has 0 fully saturated rings. The number of nitrogens with one attached hydrogen (secondary N) is 1. The van der Waals surface area contributed by atoms with Gasteiger partial charge in [-0.15, -0.1) is 17.8 Å². The Balaban J connectivity index is 2.41. The number of thiophene rings is 1. The molecule has 3 N–H and O–H groups in total. The van der Waals surface area contributed by atoms with Crippen LogP contribution in [0.3, 0.4) is 0 Å². The van der Waals surface area contributed by atoms with Crippen LogP contribution in [0.1, 0.15) is 23.0 Å². The van der Waals surface area contributed by atoms with Gasteiger partial charge in [0, 0.05) is 10.1 Å². The van der Waals surface area contributed by atoms with Crippen molar-refractivity contribution in [2.45, 2.75) is 19.4 Å². The normalized spacial score (nSPS) is 12.1. The lowest BCUT2D eigenvalue weighted by Gasteiger charge is -2.09. The van der Waals surface area contributed by atoms with Crippen molar-refractivity contribution in [1.82, 2.24) is 5.32 Å². The molecule has 0 aliphatic carbocycles. The third kappa shape index (κ3) is 2.53. The quantitative estimate of drug-likeness (QED) is 0.853. The monoisotopic (exact) mass is 292 g/mol. The van der Waals surface area contributed by atoms with Crippen molar-refractivity contribution in [3.05, 3.63) is 28.1 Å². The molecule has 2 aromatic rings. The van der Waals surface area contributed by atoms with Gasteiger partial charge in [0.25, 0.3) is 5.91 Å². The van der Waals surface area contributed by atoms with Crippen molar-refractivity contribution in [3.8, 4) is 12.3 Å². The lowest BCUT2D eigenvalue weighted by molar-refractivity contribution is 0.0950. The zero-order valence-electron chi connectivity index (χ0n) is 10.4. The van der Waals surface area contributed by atoms with Crippen LogP contribution in [0.25, 0.3) is 10.1 Å². The molecule has 98 valence electrons. The molecule has 1 aromatic carbocycles. The van der Waals surface area contributed by atoms with E-state index in [4.69, 9.17) is 23.8 Å². The summed E-state index contributed by atoms with van der Waals surface area (Å²) in [7, 11) is 0. The zero-order valence-corrected chi connectivity index (χ0v) is 11.9. The van der Waals surface area contributed by atoms with Crippen LogP contribution < -0.4 is 11.1 Å². The predicted molar refractivity (Wildman–Crippen MR) is 81.6 cm³/mol. The fourth-order valence-electron chi connectivity index (χ4n) is 1.78. The van der Waals surface area contributed by atoms with Gasteiger partial charge in [0.2, 0.25) is 0 Å². The van der Waals surface area contributed by atoms with Crippen LogP contribution in [0.4, 0.5) is 5.69 Å². The first kappa shape index (κ1) is 13.7. The maximum atomic E-state index is 12.2. The lowest BCUT2D eigenvalue weighted by Crippen LogP contribution is -2.33. The average molecular weight is 293 g/mol. The Hall–Kier alpha value is -1.70. The second kappa shape index (κ2) is 5.52. The third-order valence-corrected chi connectivity index (χ3v) is 4.31. The van der Waals surface area contributed by atoms with E-state index in [0.29, 0.717) is 22.0 Å². The molecule has 0 aliphatic rings. The highest BCUT2D eigenvalue weighted by Crippen LogP contribution is 2.37. The lowest BCUT2D eigenvalue weighted by atomic mass is 10.2. The molecule has 0 bridgehead atoms. The number of nitrogen functional groups attached to an aromatic ring is 1. The van der Waals surface area contributed by atoms with Gasteiger partial charge < -0.3 is 11.1 Å². The van der Waals surface area contributed by atoms with Crippen molar-refractivity contribution in [2.24, 2.45) is 0 Å². The van der Waals surface area contributed by atoms with Crippen LogP contribution in [0.5, 0.6) is 0 Å². The molecule has 0 radical (unpaired) electrons. The number of halogens is 1. The van der Waals surface area contributed by atoms with Gasteiger partial charge in [-0.05, 0) is 18.6 Å². The number of anilines is 1. The standard InChI is InChI=1S/C14H13ClN2OS/c1-3-8(4-2)17-14(18)13-12(16)11-9(15)6-5-7-10(11)19-13/h1,5-8H,4,16H2,2H3,(H,17,18). The summed E-state index contributed by atoms with van der Waals surface area (Å²) in [5, 5.41) is 4.05. The van der Waals surface area contributed by atoms with Gasteiger partial charge in [-0.25, -0.2) is 0 Å². The first-order valence-electron chi connectivity index (χ1n) is 5.82. The van der Waals surface area contributed by atoms with Gasteiger partial charge in [0.05, 0.1) is 16.8 Å². The van der Waals surface area contributed by atoms with Crippen LogP contribution in [0.2, 0.25) is 5.02 Å². The molecule has 1 atom stereocenters. The maximum Gasteiger partial charge on any atom is 0.264 e. The third-order valence-electron chi connectivity index (χ3n) is 2.82. The summed E-state index contributed by atoms with van der Waals surface area (Å²) in [6.07, 6.45) is 6.01. The van der Waals surface area contributed by atoms with Crippen LogP contribution in [-0.4, -0.2) is 11.9 Å². The van der Waals surface area contributed by atoms with E-state index in [1.807, 2.05) is 19.1 Å². The molecular weight excluding hydrogens is 280 g/mol. The fraction of sp³-hybridized carbons (Fsp3) is 0.214. The van der Waals surface area contributed by atoms with E-state index in [9.17, 15) is 4.79 Å². The van der Waals surface area contributed by atoms with E-state index in [1.54, 1.807) is 6.07 Å². The number of rotatable bonds is 3. The molecule has 0 saturated carbocycles. The number of carbonyl (C=O) groups is 1. The minimum absolute atomic E-state index is 0.250. The van der Waals surface area contributed by atoms with Gasteiger partial charge >= 0.3 is 0 Å². The highest BCUT2D eigenvalue weighted by molar-refractivity contribution is 7.21. The summed E-state index contributed by atoms with van der Waals surface area (Å²) < 4.78 is 0.893. The SMILES string of the molecule is C#CC(CC)NC(=O)c1sc2cccc(Cl)c2c1N. The van der Waals surface area contributed by atoms with Crippen molar-refractivity contribution in [1.29, 1.82) is 0 Å². The van der Waals surface area contributed by atoms with E-state index in [-0.39, 0.29) is 11.9 Å². The molecule has 0 saturated heterocycles. The second-order valence-corrected chi connectivity index (χ2v) is 5.52. The first-order chi connectivity index (χ1) is 9.08. The molecule has 1 aromatic heterocycles. The Morgan fingerprint density at radius 2 is 2.37 bits per heavy atom. The number of fused-ring (bicyclic) bond motifs is 1. The minimum Gasteiger partial charge on any atom is -0.397 e. The van der Waals surface area contributed by atoms with Gasteiger partial charge in [-0.1, -0.05) is 30.5 Å². The fourth-order valence-corrected chi connectivity index (χ4v) is 3.17. The van der Waals surface area contributed by atoms with Crippen LogP contribution >= 0.6 is 22.9 Å². The summed E-state index contributed by atoms with van der Waals surface area (Å²) in [5.41, 5.74) is 6.42. The van der Waals surface area contributed by atoms with E-state index < -0.39 is 0 Å². The topological polar surface area (TPSA) is 55.1 Å². The molecule has 1 unspecified atom stereocenters. The molecule has 1 amide bonds. The van der Waals surface area contributed by atoms with E-state index in [2.05, 4.69) is 11.2 Å². The van der Waals surface area contributed by atoms with Crippen molar-refractivity contribution >= 4 is 44.6 Å².